The van der Waals surface area contributed by atoms with Crippen LogP contribution in [0, 0.1) is 11.7 Å². The second kappa shape index (κ2) is 6.03. The average molecular weight is 306 g/mol. The molecule has 0 bridgehead atoms. The van der Waals surface area contributed by atoms with E-state index in [1.54, 1.807) is 4.98 Å². The number of aliphatic hydroxyl groups excluding tert-OH is 4. The molecular weight excluding hydrogens is 291 g/mol. The van der Waals surface area contributed by atoms with E-state index < -0.39 is 60.7 Å². The molecule has 0 unspecified atom stereocenters. The van der Waals surface area contributed by atoms with Crippen molar-refractivity contribution in [2.45, 2.75) is 24.5 Å². The van der Waals surface area contributed by atoms with Gasteiger partial charge in [-0.2, -0.15) is 4.39 Å². The molecule has 2 heterocycles. The monoisotopic (exact) mass is 306 g/mol. The highest BCUT2D eigenvalue weighted by molar-refractivity contribution is 4.95. The third-order valence-corrected chi connectivity index (χ3v) is 3.45. The number of halogens is 1. The minimum Gasteiger partial charge on any atom is -0.396 e. The van der Waals surface area contributed by atoms with Crippen LogP contribution >= 0.6 is 0 Å². The molecule has 1 aromatic heterocycles. The maximum absolute atomic E-state index is 13.3. The molecule has 1 fully saturated rings. The summed E-state index contributed by atoms with van der Waals surface area (Å²) in [7, 11) is 0. The standard InChI is InChI=1S/C11H15FN2O7/c12-5-1-14(11(20)13-9(5)19)10-8(18)4(2-15)7(17)6(3-16)21-10/h1,4,6-8,10,15-18H,2-3H2,(H,13,19,20)/t4-,6-,7+,8-,10-/m1/s1. The fourth-order valence-corrected chi connectivity index (χ4v) is 2.28. The SMILES string of the molecule is O=c1[nH]c(=O)n([C@@H]2O[C@H](CO)[C@@H](O)[C@@H](CO)[C@H]2O)cc1F. The first-order chi connectivity index (χ1) is 9.90. The summed E-state index contributed by atoms with van der Waals surface area (Å²) < 4.78 is 19.1. The highest BCUT2D eigenvalue weighted by Gasteiger charge is 2.45. The van der Waals surface area contributed by atoms with Crippen molar-refractivity contribution in [2.24, 2.45) is 5.92 Å². The summed E-state index contributed by atoms with van der Waals surface area (Å²) in [5, 5.41) is 38.2. The molecule has 118 valence electrons. The highest BCUT2D eigenvalue weighted by Crippen LogP contribution is 2.31. The highest BCUT2D eigenvalue weighted by atomic mass is 19.1. The lowest BCUT2D eigenvalue weighted by Crippen LogP contribution is -2.56. The van der Waals surface area contributed by atoms with E-state index in [-0.39, 0.29) is 0 Å². The van der Waals surface area contributed by atoms with Crippen LogP contribution in [-0.4, -0.2) is 61.5 Å². The molecule has 1 aromatic rings. The van der Waals surface area contributed by atoms with Gasteiger partial charge >= 0.3 is 5.69 Å². The second-order valence-electron chi connectivity index (χ2n) is 4.72. The van der Waals surface area contributed by atoms with Gasteiger partial charge in [-0.25, -0.2) is 4.79 Å². The summed E-state index contributed by atoms with van der Waals surface area (Å²) in [4.78, 5) is 24.4. The predicted octanol–water partition coefficient (Wildman–Crippen LogP) is -3.10. The van der Waals surface area contributed by atoms with Crippen molar-refractivity contribution in [2.75, 3.05) is 13.2 Å². The van der Waals surface area contributed by atoms with Gasteiger partial charge < -0.3 is 25.2 Å². The molecule has 21 heavy (non-hydrogen) atoms. The molecular formula is C11H15FN2O7. The number of H-pyrrole nitrogens is 1. The number of aromatic amines is 1. The average Bonchev–Trinajstić information content (AvgIpc) is 2.44. The molecule has 9 nitrogen and oxygen atoms in total. The first-order valence-corrected chi connectivity index (χ1v) is 6.15. The zero-order valence-corrected chi connectivity index (χ0v) is 10.7. The Morgan fingerprint density at radius 2 is 1.90 bits per heavy atom. The third-order valence-electron chi connectivity index (χ3n) is 3.45. The number of hydrogen-bond donors (Lipinski definition) is 5. The summed E-state index contributed by atoms with van der Waals surface area (Å²) in [6.45, 7) is -1.28. The number of ether oxygens (including phenoxy) is 1. The molecule has 1 aliphatic heterocycles. The minimum atomic E-state index is -1.55. The molecule has 0 aromatic carbocycles. The summed E-state index contributed by atoms with van der Waals surface area (Å²) in [5.41, 5.74) is -2.26. The van der Waals surface area contributed by atoms with Crippen LogP contribution < -0.4 is 11.2 Å². The third kappa shape index (κ3) is 2.76. The number of aromatic nitrogens is 2. The van der Waals surface area contributed by atoms with E-state index in [0.717, 1.165) is 0 Å². The van der Waals surface area contributed by atoms with Gasteiger partial charge in [0.1, 0.15) is 12.2 Å². The van der Waals surface area contributed by atoms with Crippen molar-refractivity contribution < 1.29 is 29.6 Å². The van der Waals surface area contributed by atoms with Crippen LogP contribution in [0.4, 0.5) is 4.39 Å². The number of aliphatic hydroxyl groups is 4. The van der Waals surface area contributed by atoms with Crippen molar-refractivity contribution in [1.29, 1.82) is 0 Å². The lowest BCUT2D eigenvalue weighted by Gasteiger charge is -2.42. The number of nitrogens with zero attached hydrogens (tertiary/aromatic N) is 1. The van der Waals surface area contributed by atoms with Gasteiger partial charge in [-0.3, -0.25) is 14.3 Å². The van der Waals surface area contributed by atoms with E-state index >= 15 is 0 Å². The smallest absolute Gasteiger partial charge is 0.330 e. The summed E-state index contributed by atoms with van der Waals surface area (Å²) in [5.74, 6) is -2.37. The first-order valence-electron chi connectivity index (χ1n) is 6.15. The number of hydrogen-bond acceptors (Lipinski definition) is 7. The zero-order valence-electron chi connectivity index (χ0n) is 10.7. The number of nitrogens with one attached hydrogen (secondary N) is 1. The normalized spacial score (nSPS) is 33.1. The van der Waals surface area contributed by atoms with Crippen molar-refractivity contribution in [3.63, 3.8) is 0 Å². The van der Waals surface area contributed by atoms with Gasteiger partial charge in [-0.05, 0) is 0 Å². The van der Waals surface area contributed by atoms with Crippen LogP contribution in [0.1, 0.15) is 6.23 Å². The predicted molar refractivity (Wildman–Crippen MR) is 64.9 cm³/mol. The molecule has 2 rings (SSSR count). The Labute approximate surface area is 116 Å². The van der Waals surface area contributed by atoms with Gasteiger partial charge in [0.25, 0.3) is 5.56 Å². The topological polar surface area (TPSA) is 145 Å². The molecule has 1 saturated heterocycles. The lowest BCUT2D eigenvalue weighted by atomic mass is 9.89. The van der Waals surface area contributed by atoms with Gasteiger partial charge in [0.2, 0.25) is 5.82 Å². The van der Waals surface area contributed by atoms with E-state index in [1.807, 2.05) is 0 Å². The van der Waals surface area contributed by atoms with Crippen molar-refractivity contribution in [3.8, 4) is 0 Å². The Kier molecular flexibility index (Phi) is 4.54. The Morgan fingerprint density at radius 3 is 2.48 bits per heavy atom. The maximum atomic E-state index is 13.3. The van der Waals surface area contributed by atoms with Crippen LogP contribution in [0.2, 0.25) is 0 Å². The van der Waals surface area contributed by atoms with Crippen LogP contribution in [0.25, 0.3) is 0 Å². The fraction of sp³-hybridized carbons (Fsp3) is 0.636. The summed E-state index contributed by atoms with van der Waals surface area (Å²) >= 11 is 0. The quantitative estimate of drug-likeness (QED) is 0.397. The Balaban J connectivity index is 2.45. The largest absolute Gasteiger partial charge is 0.396 e. The van der Waals surface area contributed by atoms with Gasteiger partial charge in [0.05, 0.1) is 25.5 Å². The van der Waals surface area contributed by atoms with Crippen LogP contribution in [0.15, 0.2) is 15.8 Å². The van der Waals surface area contributed by atoms with Gasteiger partial charge in [-0.15, -0.1) is 0 Å². The van der Waals surface area contributed by atoms with Gasteiger partial charge in [-0.1, -0.05) is 0 Å². The van der Waals surface area contributed by atoms with Crippen molar-refractivity contribution >= 4 is 0 Å². The minimum absolute atomic E-state index is 0.551. The van der Waals surface area contributed by atoms with E-state index in [4.69, 9.17) is 9.84 Å². The fourth-order valence-electron chi connectivity index (χ4n) is 2.28. The van der Waals surface area contributed by atoms with E-state index in [0.29, 0.717) is 10.8 Å². The van der Waals surface area contributed by atoms with Crippen molar-refractivity contribution in [3.05, 3.63) is 32.9 Å². The molecule has 0 saturated carbocycles. The number of rotatable bonds is 3. The first kappa shape index (κ1) is 15.8. The summed E-state index contributed by atoms with van der Waals surface area (Å²) in [6, 6.07) is 0. The Bertz CT molecular complexity index is 615. The molecule has 0 spiro atoms. The lowest BCUT2D eigenvalue weighted by molar-refractivity contribution is -0.240. The molecule has 0 radical (unpaired) electrons. The van der Waals surface area contributed by atoms with Gasteiger partial charge in [0, 0.05) is 5.92 Å². The molecule has 5 N–H and O–H groups in total. The molecule has 10 heteroatoms. The molecule has 1 aliphatic rings. The molecule has 0 aliphatic carbocycles. The van der Waals surface area contributed by atoms with E-state index in [1.165, 1.54) is 0 Å². The second-order valence-corrected chi connectivity index (χ2v) is 4.72. The van der Waals surface area contributed by atoms with Crippen LogP contribution in [0.5, 0.6) is 0 Å². The molecule has 0 amide bonds. The zero-order chi connectivity index (χ0) is 15.7. The summed E-state index contributed by atoms with van der Waals surface area (Å²) in [6.07, 6.45) is -5.01. The van der Waals surface area contributed by atoms with E-state index in [2.05, 4.69) is 0 Å². The molecule has 5 atom stereocenters. The van der Waals surface area contributed by atoms with Gasteiger partial charge in [0.15, 0.2) is 6.23 Å². The Hall–Kier alpha value is -1.59. The van der Waals surface area contributed by atoms with Crippen LogP contribution in [0.3, 0.4) is 0 Å². The van der Waals surface area contributed by atoms with E-state index in [9.17, 15) is 29.3 Å². The Morgan fingerprint density at radius 1 is 1.24 bits per heavy atom. The maximum Gasteiger partial charge on any atom is 0.330 e. The van der Waals surface area contributed by atoms with Crippen molar-refractivity contribution in [1.82, 2.24) is 9.55 Å². The van der Waals surface area contributed by atoms with Crippen LogP contribution in [-0.2, 0) is 4.74 Å².